The van der Waals surface area contributed by atoms with Gasteiger partial charge in [0, 0.05) is 7.05 Å². The standard InChI is InChI=1S/C13H15F3N2O4/c1-18(22-2)11(19)7-10(17-12(20)21)8-4-3-5-9(6-8)13(14,15)16/h3-6,10,17H,7H2,1-2H3,(H,20,21). The van der Waals surface area contributed by atoms with Crippen LogP contribution in [0.4, 0.5) is 18.0 Å². The van der Waals surface area contributed by atoms with Gasteiger partial charge in [-0.05, 0) is 17.7 Å². The molecule has 9 heteroatoms. The van der Waals surface area contributed by atoms with Crippen LogP contribution in [0.2, 0.25) is 0 Å². The molecule has 2 amide bonds. The summed E-state index contributed by atoms with van der Waals surface area (Å²) in [6.45, 7) is 0. The molecule has 0 aromatic heterocycles. The first-order valence-corrected chi connectivity index (χ1v) is 6.12. The van der Waals surface area contributed by atoms with Gasteiger partial charge in [0.2, 0.25) is 5.91 Å². The maximum atomic E-state index is 12.7. The molecule has 122 valence electrons. The van der Waals surface area contributed by atoms with Crippen molar-refractivity contribution in [3.05, 3.63) is 35.4 Å². The van der Waals surface area contributed by atoms with Crippen LogP contribution in [-0.4, -0.2) is 36.3 Å². The number of carbonyl (C=O) groups is 2. The zero-order valence-corrected chi connectivity index (χ0v) is 11.8. The van der Waals surface area contributed by atoms with Crippen LogP contribution in [0.5, 0.6) is 0 Å². The Balaban J connectivity index is 3.06. The molecule has 0 bridgehead atoms. The van der Waals surface area contributed by atoms with Crippen LogP contribution in [0.3, 0.4) is 0 Å². The number of alkyl halides is 3. The van der Waals surface area contributed by atoms with Gasteiger partial charge in [-0.3, -0.25) is 9.63 Å². The Hall–Kier alpha value is -2.29. The molecular formula is C13H15F3N2O4. The summed E-state index contributed by atoms with van der Waals surface area (Å²) in [4.78, 5) is 27.2. The summed E-state index contributed by atoms with van der Waals surface area (Å²) >= 11 is 0. The van der Waals surface area contributed by atoms with Crippen molar-refractivity contribution in [3.8, 4) is 0 Å². The van der Waals surface area contributed by atoms with Crippen LogP contribution >= 0.6 is 0 Å². The molecule has 0 radical (unpaired) electrons. The molecule has 0 aliphatic heterocycles. The highest BCUT2D eigenvalue weighted by molar-refractivity contribution is 5.76. The molecule has 0 aliphatic carbocycles. The molecule has 0 fully saturated rings. The van der Waals surface area contributed by atoms with Crippen molar-refractivity contribution < 1.29 is 32.7 Å². The van der Waals surface area contributed by atoms with Gasteiger partial charge in [-0.2, -0.15) is 13.2 Å². The van der Waals surface area contributed by atoms with Crippen molar-refractivity contribution in [2.24, 2.45) is 0 Å². The summed E-state index contributed by atoms with van der Waals surface area (Å²) in [5.74, 6) is -0.585. The van der Waals surface area contributed by atoms with Gasteiger partial charge in [0.05, 0.1) is 25.1 Å². The molecule has 2 N–H and O–H groups in total. The van der Waals surface area contributed by atoms with E-state index in [2.05, 4.69) is 4.84 Å². The van der Waals surface area contributed by atoms with Gasteiger partial charge < -0.3 is 10.4 Å². The van der Waals surface area contributed by atoms with Crippen LogP contribution in [0, 0.1) is 0 Å². The Morgan fingerprint density at radius 1 is 1.41 bits per heavy atom. The number of amides is 2. The Labute approximate surface area is 124 Å². The first-order chi connectivity index (χ1) is 10.1. The number of halogens is 3. The molecule has 1 aromatic rings. The van der Waals surface area contributed by atoms with Crippen LogP contribution < -0.4 is 5.32 Å². The van der Waals surface area contributed by atoms with Gasteiger partial charge in [0.1, 0.15) is 0 Å². The molecule has 0 spiro atoms. The Morgan fingerprint density at radius 3 is 2.55 bits per heavy atom. The SMILES string of the molecule is CON(C)C(=O)CC(NC(=O)O)c1cccc(C(F)(F)F)c1. The van der Waals surface area contributed by atoms with E-state index in [0.717, 1.165) is 23.3 Å². The molecule has 0 aliphatic rings. The molecule has 0 heterocycles. The fourth-order valence-corrected chi connectivity index (χ4v) is 1.74. The van der Waals surface area contributed by atoms with Crippen molar-refractivity contribution in [2.75, 3.05) is 14.2 Å². The van der Waals surface area contributed by atoms with E-state index in [1.54, 1.807) is 0 Å². The van der Waals surface area contributed by atoms with E-state index in [1.807, 2.05) is 5.32 Å². The smallest absolute Gasteiger partial charge is 0.416 e. The van der Waals surface area contributed by atoms with Gasteiger partial charge in [0.25, 0.3) is 0 Å². The van der Waals surface area contributed by atoms with E-state index in [1.165, 1.54) is 20.2 Å². The fraction of sp³-hybridized carbons (Fsp3) is 0.385. The lowest BCUT2D eigenvalue weighted by atomic mass is 10.0. The lowest BCUT2D eigenvalue weighted by Crippen LogP contribution is -2.33. The Bertz CT molecular complexity index is 548. The Kier molecular flexibility index (Phi) is 5.75. The summed E-state index contributed by atoms with van der Waals surface area (Å²) in [6.07, 6.45) is -6.38. The largest absolute Gasteiger partial charge is 0.465 e. The topological polar surface area (TPSA) is 78.9 Å². The van der Waals surface area contributed by atoms with Crippen LogP contribution in [0.1, 0.15) is 23.6 Å². The molecule has 6 nitrogen and oxygen atoms in total. The summed E-state index contributed by atoms with van der Waals surface area (Å²) in [7, 11) is 2.55. The minimum absolute atomic E-state index is 0.0371. The zero-order valence-electron chi connectivity index (χ0n) is 11.8. The third-order valence-electron chi connectivity index (χ3n) is 2.92. The van der Waals surface area contributed by atoms with E-state index in [-0.39, 0.29) is 12.0 Å². The van der Waals surface area contributed by atoms with Crippen molar-refractivity contribution in [3.63, 3.8) is 0 Å². The first kappa shape index (κ1) is 17.8. The predicted molar refractivity (Wildman–Crippen MR) is 69.7 cm³/mol. The van der Waals surface area contributed by atoms with Crippen LogP contribution in [0.25, 0.3) is 0 Å². The third-order valence-corrected chi connectivity index (χ3v) is 2.92. The van der Waals surface area contributed by atoms with Crippen LogP contribution in [-0.2, 0) is 15.8 Å². The van der Waals surface area contributed by atoms with Crippen molar-refractivity contribution in [2.45, 2.75) is 18.6 Å². The highest BCUT2D eigenvalue weighted by atomic mass is 19.4. The van der Waals surface area contributed by atoms with Gasteiger partial charge in [-0.25, -0.2) is 9.86 Å². The number of nitrogens with zero attached hydrogens (tertiary/aromatic N) is 1. The third kappa shape index (κ3) is 4.92. The number of hydrogen-bond donors (Lipinski definition) is 2. The molecule has 1 aromatic carbocycles. The minimum Gasteiger partial charge on any atom is -0.465 e. The second-order valence-electron chi connectivity index (χ2n) is 4.40. The van der Waals surface area contributed by atoms with E-state index < -0.39 is 29.8 Å². The first-order valence-electron chi connectivity index (χ1n) is 6.12. The summed E-state index contributed by atoms with van der Waals surface area (Å²) in [5, 5.41) is 11.7. The van der Waals surface area contributed by atoms with Gasteiger partial charge in [0.15, 0.2) is 0 Å². The molecule has 1 rings (SSSR count). The minimum atomic E-state index is -4.56. The predicted octanol–water partition coefficient (Wildman–Crippen LogP) is 2.42. The maximum absolute atomic E-state index is 12.7. The summed E-state index contributed by atoms with van der Waals surface area (Å²) in [6, 6.07) is 3.02. The Morgan fingerprint density at radius 2 is 2.05 bits per heavy atom. The molecule has 1 unspecified atom stereocenters. The van der Waals surface area contributed by atoms with E-state index in [4.69, 9.17) is 5.11 Å². The average Bonchev–Trinajstić information content (AvgIpc) is 2.44. The normalized spacial score (nSPS) is 12.6. The van der Waals surface area contributed by atoms with Gasteiger partial charge >= 0.3 is 12.3 Å². The fourth-order valence-electron chi connectivity index (χ4n) is 1.74. The lowest BCUT2D eigenvalue weighted by molar-refractivity contribution is -0.169. The quantitative estimate of drug-likeness (QED) is 0.817. The van der Waals surface area contributed by atoms with Crippen molar-refractivity contribution in [1.29, 1.82) is 0 Å². The monoisotopic (exact) mass is 320 g/mol. The number of hydrogen-bond acceptors (Lipinski definition) is 3. The molecule has 0 saturated heterocycles. The zero-order chi connectivity index (χ0) is 16.9. The van der Waals surface area contributed by atoms with Gasteiger partial charge in [-0.15, -0.1) is 0 Å². The highest BCUT2D eigenvalue weighted by Crippen LogP contribution is 2.31. The van der Waals surface area contributed by atoms with E-state index in [9.17, 15) is 22.8 Å². The van der Waals surface area contributed by atoms with Crippen molar-refractivity contribution in [1.82, 2.24) is 10.4 Å². The second-order valence-corrected chi connectivity index (χ2v) is 4.40. The van der Waals surface area contributed by atoms with Crippen LogP contribution in [0.15, 0.2) is 24.3 Å². The molecule has 1 atom stereocenters. The lowest BCUT2D eigenvalue weighted by Gasteiger charge is -2.21. The number of benzene rings is 1. The number of hydroxylamine groups is 2. The van der Waals surface area contributed by atoms with E-state index in [0.29, 0.717) is 0 Å². The molecule has 0 saturated carbocycles. The van der Waals surface area contributed by atoms with Crippen molar-refractivity contribution >= 4 is 12.0 Å². The summed E-state index contributed by atoms with van der Waals surface area (Å²) < 4.78 is 38.1. The number of rotatable bonds is 5. The summed E-state index contributed by atoms with van der Waals surface area (Å²) in [5.41, 5.74) is -0.884. The van der Waals surface area contributed by atoms with Gasteiger partial charge in [-0.1, -0.05) is 12.1 Å². The maximum Gasteiger partial charge on any atom is 0.416 e. The molecular weight excluding hydrogens is 305 g/mol. The number of nitrogens with one attached hydrogen (secondary N) is 1. The number of carbonyl (C=O) groups excluding carboxylic acids is 1. The highest BCUT2D eigenvalue weighted by Gasteiger charge is 2.31. The number of carboxylic acid groups (broad SMARTS) is 1. The molecule has 22 heavy (non-hydrogen) atoms. The second kappa shape index (κ2) is 7.12. The average molecular weight is 320 g/mol. The van der Waals surface area contributed by atoms with E-state index >= 15 is 0 Å².